The summed E-state index contributed by atoms with van der Waals surface area (Å²) in [6.07, 6.45) is 1.62. The van der Waals surface area contributed by atoms with Crippen molar-refractivity contribution < 1.29 is 9.13 Å². The van der Waals surface area contributed by atoms with Gasteiger partial charge in [0.2, 0.25) is 0 Å². The molecule has 0 aliphatic carbocycles. The highest BCUT2D eigenvalue weighted by Crippen LogP contribution is 2.34. The van der Waals surface area contributed by atoms with Crippen LogP contribution in [0.2, 0.25) is 0 Å². The van der Waals surface area contributed by atoms with Gasteiger partial charge < -0.3 is 19.9 Å². The molecule has 1 fully saturated rings. The lowest BCUT2D eigenvalue weighted by molar-refractivity contribution is 0.185. The molecule has 1 aliphatic heterocycles. The molecule has 2 aromatic carbocycles. The van der Waals surface area contributed by atoms with Gasteiger partial charge >= 0.3 is 0 Å². The van der Waals surface area contributed by atoms with Gasteiger partial charge in [-0.05, 0) is 47.7 Å². The maximum Gasteiger partial charge on any atom is 0.274 e. The van der Waals surface area contributed by atoms with E-state index >= 15 is 0 Å². The Morgan fingerprint density at radius 1 is 1.12 bits per heavy atom. The molecule has 2 N–H and O–H groups in total. The number of piperidine rings is 1. The molecular weight excluding hydrogens is 419 g/mol. The fraction of sp³-hybridized carbons (Fsp3) is 0.308. The second-order valence-corrected chi connectivity index (χ2v) is 8.42. The minimum atomic E-state index is -0.587. The van der Waals surface area contributed by atoms with Gasteiger partial charge in [-0.3, -0.25) is 4.79 Å². The van der Waals surface area contributed by atoms with E-state index in [1.807, 2.05) is 36.4 Å². The molecule has 1 saturated heterocycles. The van der Waals surface area contributed by atoms with Crippen LogP contribution in [0, 0.1) is 17.1 Å². The predicted molar refractivity (Wildman–Crippen MR) is 127 cm³/mol. The third-order valence-corrected chi connectivity index (χ3v) is 6.21. The maximum atomic E-state index is 14.6. The average Bonchev–Trinajstić information content (AvgIpc) is 2.82. The van der Waals surface area contributed by atoms with Crippen LogP contribution in [0.4, 0.5) is 10.1 Å². The second-order valence-electron chi connectivity index (χ2n) is 8.42. The van der Waals surface area contributed by atoms with E-state index in [9.17, 15) is 9.18 Å². The Balaban J connectivity index is 1.91. The number of nitriles is 1. The van der Waals surface area contributed by atoms with E-state index in [0.29, 0.717) is 36.6 Å². The largest absolute Gasteiger partial charge is 0.380 e. The Morgan fingerprint density at radius 2 is 1.79 bits per heavy atom. The Bertz CT molecular complexity index is 1250. The molecule has 0 atom stereocenters. The van der Waals surface area contributed by atoms with Gasteiger partial charge in [0.25, 0.3) is 5.56 Å². The normalized spacial score (nSPS) is 14.3. The maximum absolute atomic E-state index is 14.6. The van der Waals surface area contributed by atoms with Crippen molar-refractivity contribution in [3.63, 3.8) is 0 Å². The first-order chi connectivity index (χ1) is 15.9. The Morgan fingerprint density at radius 3 is 2.39 bits per heavy atom. The number of benzene rings is 2. The van der Waals surface area contributed by atoms with E-state index in [4.69, 9.17) is 15.7 Å². The minimum Gasteiger partial charge on any atom is -0.380 e. The summed E-state index contributed by atoms with van der Waals surface area (Å²) in [5, 5.41) is 9.14. The lowest BCUT2D eigenvalue weighted by atomic mass is 9.96. The summed E-state index contributed by atoms with van der Waals surface area (Å²) in [6, 6.07) is 16.2. The molecule has 0 saturated carbocycles. The van der Waals surface area contributed by atoms with Crippen LogP contribution in [-0.4, -0.2) is 30.8 Å². The molecule has 170 valence electrons. The second kappa shape index (κ2) is 9.57. The van der Waals surface area contributed by atoms with Crippen molar-refractivity contribution in [3.05, 3.63) is 75.8 Å². The number of halogens is 1. The molecule has 6 nitrogen and oxygen atoms in total. The number of pyridine rings is 1. The van der Waals surface area contributed by atoms with Gasteiger partial charge in [0.1, 0.15) is 17.6 Å². The molecule has 1 aliphatic rings. The Labute approximate surface area is 192 Å². The van der Waals surface area contributed by atoms with E-state index in [1.165, 1.54) is 12.1 Å². The molecule has 33 heavy (non-hydrogen) atoms. The van der Waals surface area contributed by atoms with Gasteiger partial charge in [-0.15, -0.1) is 0 Å². The number of anilines is 1. The number of hydrogen-bond donors (Lipinski definition) is 1. The van der Waals surface area contributed by atoms with Crippen LogP contribution < -0.4 is 16.2 Å². The van der Waals surface area contributed by atoms with E-state index < -0.39 is 5.82 Å². The third kappa shape index (κ3) is 4.54. The van der Waals surface area contributed by atoms with Crippen LogP contribution >= 0.6 is 0 Å². The number of aromatic nitrogens is 1. The molecule has 0 unspecified atom stereocenters. The first kappa shape index (κ1) is 22.7. The van der Waals surface area contributed by atoms with Gasteiger partial charge in [0.05, 0.1) is 17.9 Å². The minimum absolute atomic E-state index is 0.0146. The van der Waals surface area contributed by atoms with Gasteiger partial charge in [0.15, 0.2) is 0 Å². The first-order valence-electron chi connectivity index (χ1n) is 11.0. The zero-order valence-electron chi connectivity index (χ0n) is 18.8. The van der Waals surface area contributed by atoms with Crippen molar-refractivity contribution in [3.8, 4) is 28.5 Å². The molecule has 0 amide bonds. The molecular formula is C26H27FN4O2. The van der Waals surface area contributed by atoms with E-state index in [2.05, 4.69) is 4.90 Å². The van der Waals surface area contributed by atoms with Gasteiger partial charge in [-0.25, -0.2) is 4.39 Å². The van der Waals surface area contributed by atoms with Gasteiger partial charge in [-0.2, -0.15) is 5.26 Å². The summed E-state index contributed by atoms with van der Waals surface area (Å²) in [5.41, 5.74) is 10.4. The van der Waals surface area contributed by atoms with Crippen LogP contribution in [0.25, 0.3) is 22.4 Å². The highest BCUT2D eigenvalue weighted by atomic mass is 19.1. The smallest absolute Gasteiger partial charge is 0.274 e. The molecule has 0 spiro atoms. The lowest BCUT2D eigenvalue weighted by Crippen LogP contribution is -2.42. The zero-order chi connectivity index (χ0) is 23.5. The molecule has 0 bridgehead atoms. The van der Waals surface area contributed by atoms with Crippen molar-refractivity contribution in [2.75, 3.05) is 25.1 Å². The van der Waals surface area contributed by atoms with Crippen LogP contribution in [-0.2, 0) is 18.4 Å². The monoisotopic (exact) mass is 446 g/mol. The Kier molecular flexibility index (Phi) is 6.59. The summed E-state index contributed by atoms with van der Waals surface area (Å²) < 4.78 is 21.4. The summed E-state index contributed by atoms with van der Waals surface area (Å²) in [4.78, 5) is 15.5. The topological polar surface area (TPSA) is 84.3 Å². The molecule has 2 heterocycles. The van der Waals surface area contributed by atoms with Crippen LogP contribution in [0.15, 0.2) is 53.3 Å². The number of rotatable bonds is 5. The fourth-order valence-electron chi connectivity index (χ4n) is 4.36. The summed E-state index contributed by atoms with van der Waals surface area (Å²) >= 11 is 0. The van der Waals surface area contributed by atoms with Crippen molar-refractivity contribution in [1.29, 1.82) is 5.26 Å². The molecule has 0 radical (unpaired) electrons. The number of hydrogen-bond acceptors (Lipinski definition) is 5. The highest BCUT2D eigenvalue weighted by molar-refractivity contribution is 5.84. The third-order valence-electron chi connectivity index (χ3n) is 6.21. The van der Waals surface area contributed by atoms with Gasteiger partial charge in [-0.1, -0.05) is 30.3 Å². The molecule has 7 heteroatoms. The van der Waals surface area contributed by atoms with Crippen LogP contribution in [0.3, 0.4) is 0 Å². The quantitative estimate of drug-likeness (QED) is 0.644. The molecule has 3 aromatic rings. The van der Waals surface area contributed by atoms with Crippen molar-refractivity contribution in [1.82, 2.24) is 4.57 Å². The molecule has 4 rings (SSSR count). The van der Waals surface area contributed by atoms with Gasteiger partial charge in [0, 0.05) is 38.9 Å². The fourth-order valence-corrected chi connectivity index (χ4v) is 4.36. The number of nitrogens with zero attached hydrogens (tertiary/aromatic N) is 3. The van der Waals surface area contributed by atoms with E-state index in [-0.39, 0.29) is 17.2 Å². The van der Waals surface area contributed by atoms with E-state index in [1.54, 1.807) is 24.8 Å². The number of nitrogens with two attached hydrogens (primary N) is 1. The summed E-state index contributed by atoms with van der Waals surface area (Å²) in [6.45, 7) is 1.88. The van der Waals surface area contributed by atoms with Crippen molar-refractivity contribution in [2.24, 2.45) is 12.8 Å². The number of ether oxygens (including phenoxy) is 1. The average molecular weight is 447 g/mol. The highest BCUT2D eigenvalue weighted by Gasteiger charge is 2.23. The summed E-state index contributed by atoms with van der Waals surface area (Å²) in [7, 11) is 3.38. The van der Waals surface area contributed by atoms with E-state index in [0.717, 1.165) is 29.5 Å². The van der Waals surface area contributed by atoms with Crippen molar-refractivity contribution >= 4 is 5.69 Å². The SMILES string of the molecule is COCc1ccc(-c2c(-c3ccc(C#N)c(F)c3)cc(N3CCC(N)CC3)c(=O)n2C)cc1. The van der Waals surface area contributed by atoms with Crippen LogP contribution in [0.5, 0.6) is 0 Å². The van der Waals surface area contributed by atoms with Crippen LogP contribution in [0.1, 0.15) is 24.0 Å². The summed E-state index contributed by atoms with van der Waals surface area (Å²) in [5.74, 6) is -0.587. The lowest BCUT2D eigenvalue weighted by Gasteiger charge is -2.32. The Hall–Kier alpha value is -3.47. The number of methoxy groups -OCH3 is 1. The van der Waals surface area contributed by atoms with Crippen molar-refractivity contribution in [2.45, 2.75) is 25.5 Å². The zero-order valence-corrected chi connectivity index (χ0v) is 18.8. The molecule has 1 aromatic heterocycles. The first-order valence-corrected chi connectivity index (χ1v) is 11.0. The predicted octanol–water partition coefficient (Wildman–Crippen LogP) is 3.80. The standard InChI is InChI=1S/C26H27FN4O2/c1-30-25(18-5-3-17(4-6-18)16-33-2)22(19-7-8-20(15-28)23(27)13-19)14-24(26(30)32)31-11-9-21(29)10-12-31/h3-8,13-14,21H,9-12,16,29H2,1-2H3.